The summed E-state index contributed by atoms with van der Waals surface area (Å²) in [5, 5.41) is 3.15. The van der Waals surface area contributed by atoms with Gasteiger partial charge in [-0.15, -0.1) is 0 Å². The molecule has 5 heteroatoms. The number of hydrogen-bond donors (Lipinski definition) is 2. The second-order valence-electron chi connectivity index (χ2n) is 3.98. The predicted octanol–water partition coefficient (Wildman–Crippen LogP) is 3.19. The van der Waals surface area contributed by atoms with Crippen LogP contribution in [-0.4, -0.2) is 15.9 Å². The quantitative estimate of drug-likeness (QED) is 0.894. The van der Waals surface area contributed by atoms with Gasteiger partial charge in [-0.05, 0) is 25.0 Å². The Bertz CT molecular complexity index is 577. The van der Waals surface area contributed by atoms with Gasteiger partial charge in [0.2, 0.25) is 0 Å². The lowest BCUT2D eigenvalue weighted by molar-refractivity contribution is 0.101. The Morgan fingerprint density at radius 3 is 2.78 bits per heavy atom. The molecule has 2 aromatic rings. The Kier molecular flexibility index (Phi) is 3.67. The van der Waals surface area contributed by atoms with Crippen LogP contribution < -0.4 is 5.32 Å². The molecular weight excluding hydrogens is 250 g/mol. The molecule has 1 heterocycles. The van der Waals surface area contributed by atoms with Gasteiger partial charge < -0.3 is 10.3 Å². The van der Waals surface area contributed by atoms with E-state index in [2.05, 4.69) is 15.3 Å². The van der Waals surface area contributed by atoms with Gasteiger partial charge in [-0.1, -0.05) is 36.7 Å². The number of benzene rings is 1. The smallest absolute Gasteiger partial charge is 0.291 e. The lowest BCUT2D eigenvalue weighted by atomic mass is 10.2. The number of anilines is 1. The second-order valence-corrected chi connectivity index (χ2v) is 4.34. The van der Waals surface area contributed by atoms with Crippen LogP contribution in [0.3, 0.4) is 0 Å². The number of halogens is 1. The number of aromatic amines is 1. The molecule has 1 aromatic carbocycles. The molecule has 18 heavy (non-hydrogen) atoms. The van der Waals surface area contributed by atoms with Crippen molar-refractivity contribution in [2.45, 2.75) is 20.3 Å². The molecule has 0 aliphatic rings. The molecule has 0 bridgehead atoms. The number of aryl methyl sites for hydroxylation is 2. The van der Waals surface area contributed by atoms with Crippen molar-refractivity contribution in [2.75, 3.05) is 5.32 Å². The van der Waals surface area contributed by atoms with Crippen LogP contribution in [0.4, 0.5) is 5.69 Å². The van der Waals surface area contributed by atoms with Crippen LogP contribution in [0.1, 0.15) is 28.8 Å². The van der Waals surface area contributed by atoms with Crippen molar-refractivity contribution < 1.29 is 4.79 Å². The number of carbonyl (C=O) groups is 1. The largest absolute Gasteiger partial charge is 0.336 e. The topological polar surface area (TPSA) is 57.8 Å². The van der Waals surface area contributed by atoms with Crippen molar-refractivity contribution in [3.8, 4) is 0 Å². The number of H-pyrrole nitrogens is 1. The van der Waals surface area contributed by atoms with Gasteiger partial charge in [-0.3, -0.25) is 4.79 Å². The zero-order valence-corrected chi connectivity index (χ0v) is 11.0. The lowest BCUT2D eigenvalue weighted by Gasteiger charge is -2.05. The maximum Gasteiger partial charge on any atom is 0.291 e. The van der Waals surface area contributed by atoms with Crippen molar-refractivity contribution >= 4 is 23.2 Å². The molecule has 0 atom stereocenters. The van der Waals surface area contributed by atoms with Crippen LogP contribution in [0, 0.1) is 6.92 Å². The highest BCUT2D eigenvalue weighted by Gasteiger charge is 2.14. The van der Waals surface area contributed by atoms with Crippen molar-refractivity contribution in [3.63, 3.8) is 0 Å². The number of amides is 1. The number of rotatable bonds is 3. The van der Waals surface area contributed by atoms with Crippen LogP contribution in [0.2, 0.25) is 5.15 Å². The third-order valence-corrected chi connectivity index (χ3v) is 3.00. The van der Waals surface area contributed by atoms with E-state index in [1.54, 1.807) is 0 Å². The van der Waals surface area contributed by atoms with Gasteiger partial charge >= 0.3 is 0 Å². The summed E-state index contributed by atoms with van der Waals surface area (Å²) in [5.74, 6) is -0.0500. The fourth-order valence-corrected chi connectivity index (χ4v) is 1.89. The Balaban J connectivity index is 2.19. The molecule has 0 saturated carbocycles. The number of hydrogen-bond acceptors (Lipinski definition) is 2. The van der Waals surface area contributed by atoms with Crippen LogP contribution in [0.5, 0.6) is 0 Å². The summed E-state index contributed by atoms with van der Waals surface area (Å²) >= 11 is 5.90. The summed E-state index contributed by atoms with van der Waals surface area (Å²) in [6.45, 7) is 3.88. The highest BCUT2D eigenvalue weighted by molar-refractivity contribution is 6.30. The third kappa shape index (κ3) is 2.54. The maximum absolute atomic E-state index is 12.0. The SMILES string of the molecule is CCc1[nH]c(C(=O)Nc2ccccc2C)nc1Cl. The number of para-hydroxylation sites is 1. The van der Waals surface area contributed by atoms with E-state index < -0.39 is 0 Å². The minimum Gasteiger partial charge on any atom is -0.336 e. The molecule has 4 nitrogen and oxygen atoms in total. The average molecular weight is 264 g/mol. The molecule has 0 spiro atoms. The number of carbonyl (C=O) groups excluding carboxylic acids is 1. The van der Waals surface area contributed by atoms with E-state index >= 15 is 0 Å². The molecular formula is C13H14ClN3O. The first-order valence-electron chi connectivity index (χ1n) is 5.73. The molecule has 1 amide bonds. The Morgan fingerprint density at radius 2 is 2.17 bits per heavy atom. The number of nitrogens with zero attached hydrogens (tertiary/aromatic N) is 1. The summed E-state index contributed by atoms with van der Waals surface area (Å²) in [7, 11) is 0. The third-order valence-electron chi connectivity index (χ3n) is 2.69. The molecule has 0 saturated heterocycles. The van der Waals surface area contributed by atoms with Gasteiger partial charge in [-0.2, -0.15) is 0 Å². The minimum absolute atomic E-state index is 0.236. The molecule has 0 fully saturated rings. The van der Waals surface area contributed by atoms with E-state index in [1.165, 1.54) is 0 Å². The van der Waals surface area contributed by atoms with E-state index in [1.807, 2.05) is 38.1 Å². The van der Waals surface area contributed by atoms with E-state index in [0.717, 1.165) is 16.9 Å². The van der Waals surface area contributed by atoms with E-state index in [4.69, 9.17) is 11.6 Å². The summed E-state index contributed by atoms with van der Waals surface area (Å²) in [6.07, 6.45) is 0.712. The van der Waals surface area contributed by atoms with Gasteiger partial charge in [-0.25, -0.2) is 4.98 Å². The monoisotopic (exact) mass is 263 g/mol. The van der Waals surface area contributed by atoms with Crippen molar-refractivity contribution in [1.29, 1.82) is 0 Å². The maximum atomic E-state index is 12.0. The molecule has 0 aliphatic heterocycles. The molecule has 0 radical (unpaired) electrons. The Hall–Kier alpha value is -1.81. The summed E-state index contributed by atoms with van der Waals surface area (Å²) < 4.78 is 0. The van der Waals surface area contributed by atoms with Crippen molar-refractivity contribution in [1.82, 2.24) is 9.97 Å². The molecule has 2 rings (SSSR count). The Morgan fingerprint density at radius 1 is 1.44 bits per heavy atom. The molecule has 0 unspecified atom stereocenters. The number of nitrogens with one attached hydrogen (secondary N) is 2. The van der Waals surface area contributed by atoms with Crippen molar-refractivity contribution in [3.05, 3.63) is 46.5 Å². The van der Waals surface area contributed by atoms with E-state index in [-0.39, 0.29) is 11.7 Å². The van der Waals surface area contributed by atoms with Crippen LogP contribution in [-0.2, 0) is 6.42 Å². The first-order chi connectivity index (χ1) is 8.61. The van der Waals surface area contributed by atoms with Gasteiger partial charge in [0.1, 0.15) is 0 Å². The number of aromatic nitrogens is 2. The minimum atomic E-state index is -0.286. The summed E-state index contributed by atoms with van der Waals surface area (Å²) in [5.41, 5.74) is 2.54. The zero-order chi connectivity index (χ0) is 13.1. The van der Waals surface area contributed by atoms with Gasteiger partial charge in [0.05, 0.1) is 5.69 Å². The van der Waals surface area contributed by atoms with E-state index in [9.17, 15) is 4.79 Å². The molecule has 2 N–H and O–H groups in total. The first kappa shape index (κ1) is 12.6. The average Bonchev–Trinajstić information content (AvgIpc) is 2.73. The van der Waals surface area contributed by atoms with Crippen molar-refractivity contribution in [2.24, 2.45) is 0 Å². The fourth-order valence-electron chi connectivity index (χ4n) is 1.62. The van der Waals surface area contributed by atoms with Gasteiger partial charge in [0.15, 0.2) is 11.0 Å². The second kappa shape index (κ2) is 5.23. The first-order valence-corrected chi connectivity index (χ1v) is 6.11. The fraction of sp³-hybridized carbons (Fsp3) is 0.231. The van der Waals surface area contributed by atoms with E-state index in [0.29, 0.717) is 11.6 Å². The molecule has 0 aliphatic carbocycles. The number of imidazole rings is 1. The normalized spacial score (nSPS) is 10.4. The Labute approximate surface area is 110 Å². The highest BCUT2D eigenvalue weighted by atomic mass is 35.5. The van der Waals surface area contributed by atoms with Gasteiger partial charge in [0, 0.05) is 5.69 Å². The lowest BCUT2D eigenvalue weighted by Crippen LogP contribution is -2.14. The van der Waals surface area contributed by atoms with Crippen LogP contribution in [0.25, 0.3) is 0 Å². The van der Waals surface area contributed by atoms with Gasteiger partial charge in [0.25, 0.3) is 5.91 Å². The predicted molar refractivity (Wildman–Crippen MR) is 72.1 cm³/mol. The highest BCUT2D eigenvalue weighted by Crippen LogP contribution is 2.16. The summed E-state index contributed by atoms with van der Waals surface area (Å²) in [6, 6.07) is 7.57. The van der Waals surface area contributed by atoms with Crippen LogP contribution in [0.15, 0.2) is 24.3 Å². The summed E-state index contributed by atoms with van der Waals surface area (Å²) in [4.78, 5) is 18.9. The molecule has 94 valence electrons. The zero-order valence-electron chi connectivity index (χ0n) is 10.2. The molecule has 1 aromatic heterocycles. The standard InChI is InChI=1S/C13H14ClN3O/c1-3-9-11(14)17-12(15-9)13(18)16-10-7-5-4-6-8(10)2/h4-7H,3H2,1-2H3,(H,15,17)(H,16,18). The van der Waals surface area contributed by atoms with Crippen LogP contribution >= 0.6 is 11.6 Å².